The second-order valence-corrected chi connectivity index (χ2v) is 3.39. The molecule has 19 heavy (non-hydrogen) atoms. The fourth-order valence-electron chi connectivity index (χ4n) is 1.32. The Bertz CT molecular complexity index is 527. The molecule has 0 aliphatic rings. The molecule has 9 heteroatoms. The highest BCUT2D eigenvalue weighted by Gasteiger charge is 2.33. The van der Waals surface area contributed by atoms with E-state index in [4.69, 9.17) is 5.73 Å². The number of alkyl halides is 3. The van der Waals surface area contributed by atoms with Gasteiger partial charge in [0.15, 0.2) is 5.69 Å². The predicted octanol–water partition coefficient (Wildman–Crippen LogP) is 2.59. The minimum atomic E-state index is -4.45. The van der Waals surface area contributed by atoms with Gasteiger partial charge in [-0.15, -0.1) is 24.8 Å². The Hall–Kier alpha value is -1.31. The third kappa shape index (κ3) is 4.09. The number of nitrogens with zero attached hydrogens (tertiary/aromatic N) is 3. The van der Waals surface area contributed by atoms with Gasteiger partial charge in [-0.25, -0.2) is 9.97 Å². The first-order valence-corrected chi connectivity index (χ1v) is 4.77. The number of aromatic nitrogens is 3. The summed E-state index contributed by atoms with van der Waals surface area (Å²) in [6.45, 7) is 0.302. The van der Waals surface area contributed by atoms with E-state index in [1.807, 2.05) is 0 Å². The van der Waals surface area contributed by atoms with Crippen LogP contribution in [0.1, 0.15) is 11.3 Å². The summed E-state index contributed by atoms with van der Waals surface area (Å²) in [5, 5.41) is 0. The Morgan fingerprint density at radius 2 is 1.89 bits per heavy atom. The molecular weight excluding hydrogens is 304 g/mol. The molecule has 0 saturated heterocycles. The fraction of sp³-hybridized carbons (Fsp3) is 0.200. The molecule has 0 amide bonds. The lowest BCUT2D eigenvalue weighted by molar-refractivity contribution is -0.140. The third-order valence-corrected chi connectivity index (χ3v) is 2.18. The highest BCUT2D eigenvalue weighted by Crippen LogP contribution is 2.27. The first kappa shape index (κ1) is 17.7. The molecule has 2 aromatic heterocycles. The Balaban J connectivity index is 0.00000162. The smallest absolute Gasteiger partial charge is 0.326 e. The number of rotatable bonds is 2. The van der Waals surface area contributed by atoms with Crippen molar-refractivity contribution in [3.63, 3.8) is 0 Å². The van der Waals surface area contributed by atoms with E-state index in [1.165, 1.54) is 10.8 Å². The Morgan fingerprint density at radius 1 is 1.21 bits per heavy atom. The van der Waals surface area contributed by atoms with E-state index < -0.39 is 11.9 Å². The molecule has 0 aliphatic carbocycles. The molecule has 106 valence electrons. The lowest BCUT2D eigenvalue weighted by atomic mass is 10.2. The number of halogens is 5. The van der Waals surface area contributed by atoms with Crippen LogP contribution in [0, 0.1) is 0 Å². The zero-order valence-electron chi connectivity index (χ0n) is 9.46. The summed E-state index contributed by atoms with van der Waals surface area (Å²) in [5.74, 6) is 0.357. The van der Waals surface area contributed by atoms with E-state index in [0.717, 1.165) is 18.1 Å². The maximum Gasteiger partial charge on any atom is 0.434 e. The van der Waals surface area contributed by atoms with Gasteiger partial charge in [-0.1, -0.05) is 0 Å². The first-order valence-electron chi connectivity index (χ1n) is 4.77. The molecule has 0 aliphatic heterocycles. The zero-order valence-corrected chi connectivity index (χ0v) is 11.1. The van der Waals surface area contributed by atoms with Crippen molar-refractivity contribution in [3.8, 4) is 5.82 Å². The van der Waals surface area contributed by atoms with E-state index in [0.29, 0.717) is 12.4 Å². The minimum Gasteiger partial charge on any atom is -0.326 e. The van der Waals surface area contributed by atoms with Crippen LogP contribution in [0.4, 0.5) is 13.2 Å². The van der Waals surface area contributed by atoms with Crippen molar-refractivity contribution < 1.29 is 13.2 Å². The summed E-state index contributed by atoms with van der Waals surface area (Å²) >= 11 is 0. The van der Waals surface area contributed by atoms with Crippen molar-refractivity contribution in [2.24, 2.45) is 5.73 Å². The van der Waals surface area contributed by atoms with Gasteiger partial charge in [-0.05, 0) is 17.7 Å². The van der Waals surface area contributed by atoms with Crippen LogP contribution in [0.15, 0.2) is 30.9 Å². The van der Waals surface area contributed by atoms with E-state index in [2.05, 4.69) is 9.97 Å². The molecule has 0 aromatic carbocycles. The molecule has 0 atom stereocenters. The quantitative estimate of drug-likeness (QED) is 0.927. The van der Waals surface area contributed by atoms with Gasteiger partial charge in [-0.3, -0.25) is 4.57 Å². The number of nitrogens with two attached hydrogens (primary N) is 1. The van der Waals surface area contributed by atoms with Gasteiger partial charge in [0.1, 0.15) is 12.1 Å². The lowest BCUT2D eigenvalue weighted by Gasteiger charge is -2.03. The third-order valence-electron chi connectivity index (χ3n) is 2.18. The highest BCUT2D eigenvalue weighted by atomic mass is 35.5. The van der Waals surface area contributed by atoms with Crippen molar-refractivity contribution in [1.82, 2.24) is 14.5 Å². The Kier molecular flexibility index (Phi) is 6.28. The van der Waals surface area contributed by atoms with Crippen LogP contribution in [0.3, 0.4) is 0 Å². The van der Waals surface area contributed by atoms with Crippen LogP contribution in [0.5, 0.6) is 0 Å². The molecule has 0 fully saturated rings. The second-order valence-electron chi connectivity index (χ2n) is 3.39. The minimum absolute atomic E-state index is 0. The monoisotopic (exact) mass is 314 g/mol. The molecule has 0 radical (unpaired) electrons. The molecule has 0 spiro atoms. The normalized spacial score (nSPS) is 10.5. The average Bonchev–Trinajstić information content (AvgIpc) is 2.78. The van der Waals surface area contributed by atoms with Gasteiger partial charge in [0.05, 0.1) is 0 Å². The van der Waals surface area contributed by atoms with Crippen LogP contribution >= 0.6 is 24.8 Å². The summed E-state index contributed by atoms with van der Waals surface area (Å²) < 4.78 is 38.2. The van der Waals surface area contributed by atoms with Crippen molar-refractivity contribution in [2.75, 3.05) is 0 Å². The fourth-order valence-corrected chi connectivity index (χ4v) is 1.32. The van der Waals surface area contributed by atoms with E-state index >= 15 is 0 Å². The largest absolute Gasteiger partial charge is 0.434 e. The zero-order chi connectivity index (χ0) is 12.5. The summed E-state index contributed by atoms with van der Waals surface area (Å²) in [4.78, 5) is 7.24. The van der Waals surface area contributed by atoms with Gasteiger partial charge < -0.3 is 5.73 Å². The van der Waals surface area contributed by atoms with Crippen LogP contribution < -0.4 is 5.73 Å². The van der Waals surface area contributed by atoms with Crippen molar-refractivity contribution >= 4 is 24.8 Å². The average molecular weight is 315 g/mol. The van der Waals surface area contributed by atoms with Crippen molar-refractivity contribution in [3.05, 3.63) is 42.1 Å². The predicted molar refractivity (Wildman–Crippen MR) is 68.7 cm³/mol. The van der Waals surface area contributed by atoms with Gasteiger partial charge in [-0.2, -0.15) is 13.2 Å². The number of hydrogen-bond donors (Lipinski definition) is 1. The molecule has 0 bridgehead atoms. The van der Waals surface area contributed by atoms with Crippen LogP contribution in [-0.2, 0) is 12.7 Å². The van der Waals surface area contributed by atoms with Gasteiger partial charge in [0.25, 0.3) is 0 Å². The topological polar surface area (TPSA) is 56.7 Å². The lowest BCUT2D eigenvalue weighted by Crippen LogP contribution is -2.05. The molecular formula is C10H11Cl2F3N4. The van der Waals surface area contributed by atoms with E-state index in [-0.39, 0.29) is 24.8 Å². The van der Waals surface area contributed by atoms with Crippen molar-refractivity contribution in [1.29, 1.82) is 0 Å². The number of hydrogen-bond acceptors (Lipinski definition) is 3. The maximum atomic E-state index is 12.3. The van der Waals surface area contributed by atoms with E-state index in [1.54, 1.807) is 12.1 Å². The molecule has 0 unspecified atom stereocenters. The summed E-state index contributed by atoms with van der Waals surface area (Å²) in [6.07, 6.45) is -0.990. The van der Waals surface area contributed by atoms with Gasteiger partial charge >= 0.3 is 6.18 Å². The second kappa shape index (κ2) is 6.74. The Morgan fingerprint density at radius 3 is 2.42 bits per heavy atom. The SMILES string of the molecule is Cl.Cl.NCc1ccnc(-n2cnc(C(F)(F)F)c2)c1. The molecule has 2 aromatic rings. The Labute approximate surface area is 119 Å². The molecule has 2 rings (SSSR count). The maximum absolute atomic E-state index is 12.3. The number of imidazole rings is 1. The molecule has 2 heterocycles. The summed E-state index contributed by atoms with van der Waals surface area (Å²) in [5.41, 5.74) is 5.28. The highest BCUT2D eigenvalue weighted by molar-refractivity contribution is 5.85. The van der Waals surface area contributed by atoms with Crippen LogP contribution in [0.25, 0.3) is 5.82 Å². The summed E-state index contributed by atoms with van der Waals surface area (Å²) in [7, 11) is 0. The van der Waals surface area contributed by atoms with E-state index in [9.17, 15) is 13.2 Å². The molecule has 4 nitrogen and oxygen atoms in total. The van der Waals surface area contributed by atoms with Crippen LogP contribution in [-0.4, -0.2) is 14.5 Å². The molecule has 0 saturated carbocycles. The van der Waals surface area contributed by atoms with Gasteiger partial charge in [0.2, 0.25) is 0 Å². The number of pyridine rings is 1. The summed E-state index contributed by atoms with van der Waals surface area (Å²) in [6, 6.07) is 3.31. The van der Waals surface area contributed by atoms with Crippen LogP contribution in [0.2, 0.25) is 0 Å². The van der Waals surface area contributed by atoms with Gasteiger partial charge in [0, 0.05) is 18.9 Å². The standard InChI is InChI=1S/C10H9F3N4.2ClH/c11-10(12,13)8-5-17(6-16-8)9-3-7(4-14)1-2-15-9;;/h1-3,5-6H,4,14H2;2*1H. The molecule has 2 N–H and O–H groups in total. The first-order chi connectivity index (χ1) is 8.00. The van der Waals surface area contributed by atoms with Crippen molar-refractivity contribution in [2.45, 2.75) is 12.7 Å².